The molecule has 8 heteroatoms. The Hall–Kier alpha value is -3.13. The number of carbonyl (C=O) groups is 1. The van der Waals surface area contributed by atoms with Crippen LogP contribution in [0.5, 0.6) is 0 Å². The molecule has 0 radical (unpaired) electrons. The number of carbonyl (C=O) groups excluding carboxylic acids is 1. The molecule has 7 nitrogen and oxygen atoms in total. The van der Waals surface area contributed by atoms with Gasteiger partial charge in [0.1, 0.15) is 6.29 Å². The lowest BCUT2D eigenvalue weighted by Crippen LogP contribution is -2.36. The van der Waals surface area contributed by atoms with E-state index in [1.54, 1.807) is 12.1 Å². The highest BCUT2D eigenvalue weighted by Gasteiger charge is 2.31. The summed E-state index contributed by atoms with van der Waals surface area (Å²) >= 11 is 0. The first-order valence-corrected chi connectivity index (χ1v) is 12.3. The topological polar surface area (TPSA) is 77.2 Å². The van der Waals surface area contributed by atoms with Crippen molar-refractivity contribution in [3.8, 4) is 11.5 Å². The number of benzene rings is 2. The highest BCUT2D eigenvalue weighted by molar-refractivity contribution is 7.92. The first-order chi connectivity index (χ1) is 14.9. The van der Waals surface area contributed by atoms with E-state index in [9.17, 15) is 13.2 Å². The summed E-state index contributed by atoms with van der Waals surface area (Å²) < 4.78 is 30.7. The summed E-state index contributed by atoms with van der Waals surface area (Å²) in [6, 6.07) is 13.9. The Morgan fingerprint density at radius 2 is 1.94 bits per heavy atom. The number of hydrogen-bond acceptors (Lipinski definition) is 4. The average molecular weight is 435 g/mol. The Bertz CT molecular complexity index is 1480. The molecule has 0 unspecified atom stereocenters. The number of rotatable bonds is 5. The van der Waals surface area contributed by atoms with Gasteiger partial charge in [0.05, 0.1) is 35.2 Å². The van der Waals surface area contributed by atoms with E-state index in [2.05, 4.69) is 33.4 Å². The first kappa shape index (κ1) is 18.6. The summed E-state index contributed by atoms with van der Waals surface area (Å²) in [5, 5.41) is 1.17. The molecule has 158 valence electrons. The van der Waals surface area contributed by atoms with Crippen molar-refractivity contribution < 1.29 is 13.2 Å². The van der Waals surface area contributed by atoms with Crippen LogP contribution in [0.4, 0.5) is 5.69 Å². The van der Waals surface area contributed by atoms with Crippen LogP contribution in [0.1, 0.15) is 23.2 Å². The molecule has 0 bridgehead atoms. The molecule has 0 amide bonds. The zero-order chi connectivity index (χ0) is 21.3. The van der Waals surface area contributed by atoms with Gasteiger partial charge in [0.25, 0.3) is 0 Å². The minimum absolute atomic E-state index is 0.315. The van der Waals surface area contributed by atoms with E-state index in [1.165, 1.54) is 34.3 Å². The molecular weight excluding hydrogens is 412 g/mol. The van der Waals surface area contributed by atoms with E-state index in [4.69, 9.17) is 4.98 Å². The lowest BCUT2D eigenvalue weighted by molar-refractivity contribution is 0.112. The van der Waals surface area contributed by atoms with Gasteiger partial charge in [-0.15, -0.1) is 0 Å². The van der Waals surface area contributed by atoms with Crippen molar-refractivity contribution in [1.29, 1.82) is 0 Å². The van der Waals surface area contributed by atoms with E-state index in [0.29, 0.717) is 35.8 Å². The molecule has 4 aromatic rings. The quantitative estimate of drug-likeness (QED) is 0.449. The normalized spacial score (nSPS) is 16.4. The van der Waals surface area contributed by atoms with Crippen molar-refractivity contribution in [2.24, 2.45) is 5.92 Å². The predicted molar refractivity (Wildman–Crippen MR) is 121 cm³/mol. The maximum Gasteiger partial charge on any atom is 0.232 e. The molecule has 3 heterocycles. The lowest BCUT2D eigenvalue weighted by atomic mass is 10.1. The minimum atomic E-state index is -3.46. The minimum Gasteiger partial charge on any atom is -0.338 e. The Balaban J connectivity index is 1.64. The average Bonchev–Trinajstić information content (AvgIpc) is 3.39. The summed E-state index contributed by atoms with van der Waals surface area (Å²) in [7, 11) is -3.46. The second-order valence-corrected chi connectivity index (χ2v) is 10.5. The van der Waals surface area contributed by atoms with Gasteiger partial charge >= 0.3 is 0 Å². The fourth-order valence-corrected chi connectivity index (χ4v) is 5.66. The molecule has 1 fully saturated rings. The van der Waals surface area contributed by atoms with Gasteiger partial charge in [-0.1, -0.05) is 18.2 Å². The smallest absolute Gasteiger partial charge is 0.232 e. The number of aldehydes is 1. The number of sulfonamides is 1. The molecular formula is C23H22N4O3S. The number of nitrogens with zero attached hydrogens (tertiary/aromatic N) is 4. The monoisotopic (exact) mass is 434 g/mol. The first-order valence-electron chi connectivity index (χ1n) is 10.5. The Kier molecular flexibility index (Phi) is 3.87. The van der Waals surface area contributed by atoms with Crippen molar-refractivity contribution in [2.45, 2.75) is 25.9 Å². The fourth-order valence-electron chi connectivity index (χ4n) is 4.75. The fraction of sp³-hybridized carbons (Fsp3) is 0.304. The Morgan fingerprint density at radius 1 is 1.13 bits per heavy atom. The number of fused-ring (bicyclic) bond motifs is 1. The van der Waals surface area contributed by atoms with Crippen molar-refractivity contribution >= 4 is 43.9 Å². The van der Waals surface area contributed by atoms with Crippen molar-refractivity contribution in [2.75, 3.05) is 17.1 Å². The van der Waals surface area contributed by atoms with Gasteiger partial charge in [-0.05, 0) is 43.0 Å². The summed E-state index contributed by atoms with van der Waals surface area (Å²) in [5.74, 6) is 1.52. The van der Waals surface area contributed by atoms with Crippen LogP contribution in [-0.4, -0.2) is 41.6 Å². The third-order valence-corrected chi connectivity index (χ3v) is 7.53. The Morgan fingerprint density at radius 3 is 2.68 bits per heavy atom. The van der Waals surface area contributed by atoms with Crippen LogP contribution in [0.3, 0.4) is 0 Å². The van der Waals surface area contributed by atoms with E-state index >= 15 is 0 Å². The molecule has 0 atom stereocenters. The van der Waals surface area contributed by atoms with E-state index in [0.717, 1.165) is 29.9 Å². The van der Waals surface area contributed by atoms with Crippen LogP contribution in [0.25, 0.3) is 33.5 Å². The van der Waals surface area contributed by atoms with Gasteiger partial charge in [-0.3, -0.25) is 9.10 Å². The predicted octanol–water partition coefficient (Wildman–Crippen LogP) is 3.66. The molecule has 2 aromatic heterocycles. The van der Waals surface area contributed by atoms with Gasteiger partial charge in [-0.25, -0.2) is 13.4 Å². The standard InChI is InChI=1S/C23H22N4O3S/c1-31(29,30)27-9-8-25-22-18(10-16(14-28)11-20(22)27)24-23(25)21-12-17-4-2-3-5-19(17)26(21)13-15-6-7-15/h2-5,10-12,14-15H,6-9,13H2,1H3. The lowest BCUT2D eigenvalue weighted by Gasteiger charge is -2.29. The molecule has 2 aromatic carbocycles. The van der Waals surface area contributed by atoms with Crippen LogP contribution in [0.15, 0.2) is 42.5 Å². The maximum atomic E-state index is 12.4. The van der Waals surface area contributed by atoms with Gasteiger partial charge < -0.3 is 9.13 Å². The van der Waals surface area contributed by atoms with Crippen LogP contribution in [0, 0.1) is 5.92 Å². The zero-order valence-corrected chi connectivity index (χ0v) is 18.0. The van der Waals surface area contributed by atoms with Crippen molar-refractivity contribution in [1.82, 2.24) is 14.1 Å². The van der Waals surface area contributed by atoms with Gasteiger partial charge in [0, 0.05) is 29.6 Å². The largest absolute Gasteiger partial charge is 0.338 e. The summed E-state index contributed by atoms with van der Waals surface area (Å²) in [5.41, 5.74) is 4.58. The highest BCUT2D eigenvalue weighted by Crippen LogP contribution is 2.40. The maximum absolute atomic E-state index is 12.4. The third kappa shape index (κ3) is 2.89. The molecule has 0 N–H and O–H groups in total. The molecule has 1 aliphatic heterocycles. The second-order valence-electron chi connectivity index (χ2n) is 8.59. The molecule has 2 aliphatic rings. The van der Waals surface area contributed by atoms with Crippen LogP contribution >= 0.6 is 0 Å². The summed E-state index contributed by atoms with van der Waals surface area (Å²) in [4.78, 5) is 16.5. The number of aromatic nitrogens is 3. The summed E-state index contributed by atoms with van der Waals surface area (Å²) in [6.07, 6.45) is 4.44. The van der Waals surface area contributed by atoms with Gasteiger partial charge in [0.2, 0.25) is 10.0 Å². The van der Waals surface area contributed by atoms with Crippen LogP contribution < -0.4 is 4.31 Å². The molecule has 1 saturated carbocycles. The molecule has 0 spiro atoms. The number of hydrogen-bond donors (Lipinski definition) is 0. The number of anilines is 1. The molecule has 1 aliphatic carbocycles. The van der Waals surface area contributed by atoms with E-state index < -0.39 is 10.0 Å². The number of imidazole rings is 1. The number of para-hydroxylation sites is 1. The van der Waals surface area contributed by atoms with Gasteiger partial charge in [0.15, 0.2) is 5.82 Å². The molecule has 6 rings (SSSR count). The van der Waals surface area contributed by atoms with E-state index in [-0.39, 0.29) is 0 Å². The molecule has 0 saturated heterocycles. The Labute approximate surface area is 179 Å². The highest BCUT2D eigenvalue weighted by atomic mass is 32.2. The third-order valence-electron chi connectivity index (χ3n) is 6.35. The zero-order valence-electron chi connectivity index (χ0n) is 17.2. The van der Waals surface area contributed by atoms with Crippen LogP contribution in [-0.2, 0) is 23.1 Å². The van der Waals surface area contributed by atoms with Crippen molar-refractivity contribution in [3.05, 3.63) is 48.0 Å². The van der Waals surface area contributed by atoms with Crippen molar-refractivity contribution in [3.63, 3.8) is 0 Å². The van der Waals surface area contributed by atoms with Crippen LogP contribution in [0.2, 0.25) is 0 Å². The summed E-state index contributed by atoms with van der Waals surface area (Å²) in [6.45, 7) is 1.78. The SMILES string of the molecule is CS(=O)(=O)N1CCn2c(-c3cc4ccccc4n3CC3CC3)nc3cc(C=O)cc1c32. The van der Waals surface area contributed by atoms with E-state index in [1.807, 2.05) is 6.07 Å². The van der Waals surface area contributed by atoms with Gasteiger partial charge in [-0.2, -0.15) is 0 Å². The second kappa shape index (κ2) is 6.43. The molecule has 31 heavy (non-hydrogen) atoms.